The molecule has 3 nitrogen and oxygen atoms in total. The van der Waals surface area contributed by atoms with Crippen LogP contribution >= 0.6 is 0 Å². The van der Waals surface area contributed by atoms with Crippen LogP contribution in [0.25, 0.3) is 0 Å². The highest BCUT2D eigenvalue weighted by atomic mass is 15.2. The van der Waals surface area contributed by atoms with E-state index in [0.29, 0.717) is 6.04 Å². The van der Waals surface area contributed by atoms with Gasteiger partial charge < -0.3 is 15.5 Å². The lowest BCUT2D eigenvalue weighted by Crippen LogP contribution is -2.42. The van der Waals surface area contributed by atoms with Crippen molar-refractivity contribution in [3.63, 3.8) is 0 Å². The Morgan fingerprint density at radius 3 is 2.57 bits per heavy atom. The Morgan fingerprint density at radius 1 is 1.33 bits per heavy atom. The number of nitrogens with two attached hydrogens (primary N) is 1. The third-order valence-corrected chi connectivity index (χ3v) is 4.98. The normalized spacial score (nSPS) is 18.7. The Kier molecular flexibility index (Phi) is 5.65. The van der Waals surface area contributed by atoms with Crippen LogP contribution in [-0.4, -0.2) is 44.2 Å². The molecule has 2 rings (SSSR count). The summed E-state index contributed by atoms with van der Waals surface area (Å²) in [6.45, 7) is 6.78. The lowest BCUT2D eigenvalue weighted by molar-refractivity contribution is 0.253. The Labute approximate surface area is 130 Å². The van der Waals surface area contributed by atoms with Gasteiger partial charge in [-0.1, -0.05) is 13.0 Å². The molecule has 3 heteroatoms. The molecule has 1 aromatic carbocycles. The van der Waals surface area contributed by atoms with Gasteiger partial charge in [0.1, 0.15) is 0 Å². The van der Waals surface area contributed by atoms with E-state index in [1.54, 1.807) is 0 Å². The van der Waals surface area contributed by atoms with E-state index in [1.807, 2.05) is 0 Å². The quantitative estimate of drug-likeness (QED) is 0.904. The van der Waals surface area contributed by atoms with Gasteiger partial charge in [0.15, 0.2) is 0 Å². The van der Waals surface area contributed by atoms with E-state index in [0.717, 1.165) is 12.8 Å². The molecular formula is C18H31N3. The van der Waals surface area contributed by atoms with Crippen molar-refractivity contribution >= 4 is 5.69 Å². The predicted octanol–water partition coefficient (Wildman–Crippen LogP) is 2.81. The topological polar surface area (TPSA) is 32.5 Å². The molecule has 1 fully saturated rings. The van der Waals surface area contributed by atoms with Crippen molar-refractivity contribution in [2.45, 2.75) is 51.6 Å². The van der Waals surface area contributed by atoms with Gasteiger partial charge in [-0.15, -0.1) is 0 Å². The van der Waals surface area contributed by atoms with Gasteiger partial charge in [0.25, 0.3) is 0 Å². The van der Waals surface area contributed by atoms with Crippen molar-refractivity contribution in [3.05, 3.63) is 29.3 Å². The maximum Gasteiger partial charge on any atom is 0.0368 e. The van der Waals surface area contributed by atoms with Crippen molar-refractivity contribution in [2.24, 2.45) is 5.73 Å². The van der Waals surface area contributed by atoms with E-state index in [2.05, 4.69) is 55.9 Å². The monoisotopic (exact) mass is 289 g/mol. The summed E-state index contributed by atoms with van der Waals surface area (Å²) in [4.78, 5) is 4.88. The van der Waals surface area contributed by atoms with Crippen molar-refractivity contribution in [2.75, 3.05) is 32.1 Å². The number of hydrogen-bond donors (Lipinski definition) is 1. The summed E-state index contributed by atoms with van der Waals surface area (Å²) >= 11 is 0. The Bertz CT molecular complexity index is 450. The minimum atomic E-state index is 0.279. The van der Waals surface area contributed by atoms with Crippen LogP contribution in [0.1, 0.15) is 37.3 Å². The fourth-order valence-electron chi connectivity index (χ4n) is 3.15. The first-order chi connectivity index (χ1) is 10.0. The molecule has 1 aromatic rings. The van der Waals surface area contributed by atoms with Crippen LogP contribution < -0.4 is 10.6 Å². The Hall–Kier alpha value is -1.06. The van der Waals surface area contributed by atoms with E-state index in [1.165, 1.54) is 42.7 Å². The molecule has 1 aliphatic rings. The van der Waals surface area contributed by atoms with Gasteiger partial charge in [0, 0.05) is 24.8 Å². The van der Waals surface area contributed by atoms with E-state index in [-0.39, 0.29) is 6.04 Å². The van der Waals surface area contributed by atoms with Crippen molar-refractivity contribution < 1.29 is 0 Å². The average molecular weight is 289 g/mol. The van der Waals surface area contributed by atoms with E-state index in [4.69, 9.17) is 5.73 Å². The Morgan fingerprint density at radius 2 is 2.00 bits per heavy atom. The summed E-state index contributed by atoms with van der Waals surface area (Å²) < 4.78 is 0. The van der Waals surface area contributed by atoms with Gasteiger partial charge in [-0.3, -0.25) is 0 Å². The number of anilines is 1. The number of aryl methyl sites for hydroxylation is 1. The maximum absolute atomic E-state index is 6.09. The van der Waals surface area contributed by atoms with Gasteiger partial charge in [-0.2, -0.15) is 0 Å². The second-order valence-electron chi connectivity index (χ2n) is 6.63. The molecule has 0 amide bonds. The van der Waals surface area contributed by atoms with Gasteiger partial charge in [-0.05, 0) is 76.0 Å². The van der Waals surface area contributed by atoms with Gasteiger partial charge in [-0.25, -0.2) is 0 Å². The number of benzene rings is 1. The minimum Gasteiger partial charge on any atom is -0.372 e. The summed E-state index contributed by atoms with van der Waals surface area (Å²) in [7, 11) is 4.45. The first-order valence-corrected chi connectivity index (χ1v) is 8.27. The van der Waals surface area contributed by atoms with Crippen molar-refractivity contribution in [3.8, 4) is 0 Å². The fraction of sp³-hybridized carbons (Fsp3) is 0.667. The first-order valence-electron chi connectivity index (χ1n) is 8.27. The van der Waals surface area contributed by atoms with Crippen LogP contribution in [0, 0.1) is 6.92 Å². The number of nitrogens with zero attached hydrogens (tertiary/aromatic N) is 2. The van der Waals surface area contributed by atoms with E-state index < -0.39 is 0 Å². The average Bonchev–Trinajstić information content (AvgIpc) is 2.49. The molecule has 0 radical (unpaired) electrons. The van der Waals surface area contributed by atoms with Crippen LogP contribution in [-0.2, 0) is 6.42 Å². The molecule has 1 heterocycles. The summed E-state index contributed by atoms with van der Waals surface area (Å²) in [5.41, 5.74) is 10.2. The third kappa shape index (κ3) is 4.21. The molecule has 0 aromatic heterocycles. The van der Waals surface area contributed by atoms with Gasteiger partial charge in [0.2, 0.25) is 0 Å². The zero-order valence-corrected chi connectivity index (χ0v) is 14.1. The summed E-state index contributed by atoms with van der Waals surface area (Å²) in [6, 6.07) is 7.82. The lowest BCUT2D eigenvalue weighted by atomic mass is 9.98. The van der Waals surface area contributed by atoms with E-state index in [9.17, 15) is 0 Å². The standard InChI is InChI=1S/C18H31N3/c1-5-16(19)13-15-6-7-18(12-14(15)2)21(4)17-8-10-20(3)11-9-17/h6-7,12,16-17H,5,8-11,13,19H2,1-4H3. The third-order valence-electron chi connectivity index (χ3n) is 4.98. The highest BCUT2D eigenvalue weighted by molar-refractivity contribution is 5.51. The zero-order chi connectivity index (χ0) is 15.4. The molecule has 1 atom stereocenters. The fourth-order valence-corrected chi connectivity index (χ4v) is 3.15. The summed E-state index contributed by atoms with van der Waals surface area (Å²) in [6.07, 6.45) is 4.54. The molecule has 2 N–H and O–H groups in total. The van der Waals surface area contributed by atoms with Crippen LogP contribution in [0.4, 0.5) is 5.69 Å². The maximum atomic E-state index is 6.09. The number of hydrogen-bond acceptors (Lipinski definition) is 3. The van der Waals surface area contributed by atoms with Crippen LogP contribution in [0.3, 0.4) is 0 Å². The Balaban J connectivity index is 2.05. The first kappa shape index (κ1) is 16.3. The van der Waals surface area contributed by atoms with E-state index >= 15 is 0 Å². The number of rotatable bonds is 5. The second kappa shape index (κ2) is 7.28. The number of likely N-dealkylation sites (tertiary alicyclic amines) is 1. The SMILES string of the molecule is CCC(N)Cc1ccc(N(C)C2CCN(C)CC2)cc1C. The molecule has 1 saturated heterocycles. The lowest BCUT2D eigenvalue weighted by Gasteiger charge is -2.36. The zero-order valence-electron chi connectivity index (χ0n) is 14.1. The molecule has 0 spiro atoms. The van der Waals surface area contributed by atoms with Crippen LogP contribution in [0.2, 0.25) is 0 Å². The molecule has 21 heavy (non-hydrogen) atoms. The van der Waals surface area contributed by atoms with Crippen LogP contribution in [0.5, 0.6) is 0 Å². The second-order valence-corrected chi connectivity index (χ2v) is 6.63. The molecule has 0 bridgehead atoms. The predicted molar refractivity (Wildman–Crippen MR) is 92.1 cm³/mol. The molecule has 1 unspecified atom stereocenters. The highest BCUT2D eigenvalue weighted by Crippen LogP contribution is 2.24. The van der Waals surface area contributed by atoms with Gasteiger partial charge >= 0.3 is 0 Å². The number of piperidine rings is 1. The summed E-state index contributed by atoms with van der Waals surface area (Å²) in [5, 5.41) is 0. The van der Waals surface area contributed by atoms with Gasteiger partial charge in [0.05, 0.1) is 0 Å². The molecular weight excluding hydrogens is 258 g/mol. The smallest absolute Gasteiger partial charge is 0.0368 e. The van der Waals surface area contributed by atoms with Crippen LogP contribution in [0.15, 0.2) is 18.2 Å². The van der Waals surface area contributed by atoms with Crippen molar-refractivity contribution in [1.82, 2.24) is 4.90 Å². The molecule has 0 aliphatic carbocycles. The minimum absolute atomic E-state index is 0.279. The molecule has 0 saturated carbocycles. The molecule has 1 aliphatic heterocycles. The highest BCUT2D eigenvalue weighted by Gasteiger charge is 2.21. The largest absolute Gasteiger partial charge is 0.372 e. The summed E-state index contributed by atoms with van der Waals surface area (Å²) in [5.74, 6) is 0. The molecule has 118 valence electrons. The van der Waals surface area contributed by atoms with Crippen molar-refractivity contribution in [1.29, 1.82) is 0 Å².